The molecule has 3 N–H and O–H groups in total. The molecule has 7 nitrogen and oxygen atoms in total. The Morgan fingerprint density at radius 2 is 1.67 bits per heavy atom. The van der Waals surface area contributed by atoms with Gasteiger partial charge in [0.05, 0.1) is 12.1 Å². The number of ketones is 1. The normalized spacial score (nSPS) is 25.5. The van der Waals surface area contributed by atoms with Gasteiger partial charge in [-0.3, -0.25) is 9.59 Å². The number of amides is 3. The second-order valence-electron chi connectivity index (χ2n) is 14.8. The molecule has 3 aliphatic rings. The Hall–Kier alpha value is -2.57. The molecule has 0 aromatic carbocycles. The van der Waals surface area contributed by atoms with Crippen LogP contribution in [0.25, 0.3) is 0 Å². The van der Waals surface area contributed by atoms with Gasteiger partial charge in [-0.25, -0.2) is 4.79 Å². The van der Waals surface area contributed by atoms with E-state index in [2.05, 4.69) is 42.6 Å². The van der Waals surface area contributed by atoms with Crippen LogP contribution in [-0.2, 0) is 9.59 Å². The second-order valence-corrected chi connectivity index (χ2v) is 14.8. The third-order valence-electron chi connectivity index (χ3n) is 10.1. The van der Waals surface area contributed by atoms with Crippen LogP contribution in [0.1, 0.15) is 100 Å². The minimum absolute atomic E-state index is 0.0558. The van der Waals surface area contributed by atoms with E-state index in [1.165, 1.54) is 19.3 Å². The first-order chi connectivity index (χ1) is 19.6. The zero-order valence-corrected chi connectivity index (χ0v) is 27.6. The fraction of sp³-hybridized carbons (Fsp3) is 0.743. The first-order valence-corrected chi connectivity index (χ1v) is 16.3. The lowest BCUT2D eigenvalue weighted by Crippen LogP contribution is -2.60. The highest BCUT2D eigenvalue weighted by molar-refractivity contribution is 5.89. The maximum atomic E-state index is 14.3. The molecule has 2 aliphatic carbocycles. The molecule has 0 aromatic rings. The van der Waals surface area contributed by atoms with E-state index in [4.69, 9.17) is 0 Å². The van der Waals surface area contributed by atoms with Crippen molar-refractivity contribution in [3.05, 3.63) is 36.6 Å². The number of urea groups is 1. The molecule has 2 saturated carbocycles. The molecule has 3 fully saturated rings. The molecule has 42 heavy (non-hydrogen) atoms. The highest BCUT2D eigenvalue weighted by atomic mass is 16.2. The summed E-state index contributed by atoms with van der Waals surface area (Å²) < 4.78 is 0. The van der Waals surface area contributed by atoms with E-state index in [-0.39, 0.29) is 41.8 Å². The summed E-state index contributed by atoms with van der Waals surface area (Å²) in [6.45, 7) is 29.8. The zero-order valence-electron chi connectivity index (χ0n) is 27.6. The van der Waals surface area contributed by atoms with Crippen LogP contribution in [0.4, 0.5) is 4.79 Å². The summed E-state index contributed by atoms with van der Waals surface area (Å²) >= 11 is 0. The van der Waals surface area contributed by atoms with Crippen molar-refractivity contribution in [3.8, 4) is 0 Å². The number of hydrogen-bond acceptors (Lipinski definition) is 4. The highest BCUT2D eigenvalue weighted by Crippen LogP contribution is 2.56. The van der Waals surface area contributed by atoms with Crippen LogP contribution in [-0.4, -0.2) is 53.3 Å². The number of piperidine rings is 1. The molecule has 7 atom stereocenters. The number of nitrogens with zero attached hydrogens (tertiary/aromatic N) is 1. The summed E-state index contributed by atoms with van der Waals surface area (Å²) in [6, 6.07) is -1.29. The van der Waals surface area contributed by atoms with Crippen LogP contribution >= 0.6 is 0 Å². The maximum Gasteiger partial charge on any atom is 0.315 e. The van der Waals surface area contributed by atoms with Crippen LogP contribution < -0.4 is 16.0 Å². The van der Waals surface area contributed by atoms with Crippen molar-refractivity contribution in [1.82, 2.24) is 20.9 Å². The molecule has 0 spiro atoms. The van der Waals surface area contributed by atoms with Gasteiger partial charge in [0, 0.05) is 31.1 Å². The van der Waals surface area contributed by atoms with Crippen molar-refractivity contribution in [2.24, 2.45) is 35.0 Å². The molecule has 3 rings (SSSR count). The monoisotopic (exact) mass is 582 g/mol. The van der Waals surface area contributed by atoms with E-state index in [0.717, 1.165) is 23.3 Å². The van der Waals surface area contributed by atoms with Crippen LogP contribution in [0, 0.1) is 35.0 Å². The third kappa shape index (κ3) is 8.08. The topological polar surface area (TPSA) is 90.5 Å². The standard InChI is InChI=1S/C35H58N4O3/c1-12-26(40)16-17-28(21(4)5)37-34(42)38-32(35(9,10)11)33(41)39-19-27-23(7)30(27)31(39)24(8)36-29(22(6)20(2)3)18-25-14-13-15-25/h21,23,25,27-32,36H,2,6,8,12-19H2,1,3-5,7,9-11H3,(H2,37,38,42)/t23?,27-,28?,29?,30+,31?,32?/m1/s1. The van der Waals surface area contributed by atoms with Crippen molar-refractivity contribution in [1.29, 1.82) is 0 Å². The molecule has 5 unspecified atom stereocenters. The van der Waals surface area contributed by atoms with Crippen LogP contribution in [0.15, 0.2) is 36.6 Å². The van der Waals surface area contributed by atoms with E-state index < -0.39 is 11.5 Å². The third-order valence-corrected chi connectivity index (χ3v) is 10.1. The summed E-state index contributed by atoms with van der Waals surface area (Å²) in [7, 11) is 0. The van der Waals surface area contributed by atoms with Crippen molar-refractivity contribution in [2.75, 3.05) is 6.54 Å². The lowest BCUT2D eigenvalue weighted by Gasteiger charge is -2.39. The summed E-state index contributed by atoms with van der Waals surface area (Å²) in [5.41, 5.74) is 2.34. The molecule has 0 aromatic heterocycles. The molecule has 7 heteroatoms. The van der Waals surface area contributed by atoms with Crippen molar-refractivity contribution in [2.45, 2.75) is 125 Å². The Kier molecular flexibility index (Phi) is 11.2. The summed E-state index contributed by atoms with van der Waals surface area (Å²) in [5.74, 6) is 2.32. The molecular weight excluding hydrogens is 524 g/mol. The molecule has 0 bridgehead atoms. The van der Waals surface area contributed by atoms with E-state index in [9.17, 15) is 14.4 Å². The molecule has 1 saturated heterocycles. The van der Waals surface area contributed by atoms with E-state index in [1.54, 1.807) is 0 Å². The predicted molar refractivity (Wildman–Crippen MR) is 172 cm³/mol. The number of nitrogens with one attached hydrogen (secondary N) is 3. The number of likely N-dealkylation sites (tertiary alicyclic amines) is 1. The van der Waals surface area contributed by atoms with Gasteiger partial charge in [-0.1, -0.05) is 93.0 Å². The van der Waals surface area contributed by atoms with Gasteiger partial charge in [-0.2, -0.15) is 0 Å². The van der Waals surface area contributed by atoms with Crippen molar-refractivity contribution in [3.63, 3.8) is 0 Å². The molecule has 1 heterocycles. The Morgan fingerprint density at radius 3 is 2.17 bits per heavy atom. The number of Topliss-reactive ketones (excluding diaryl/α,β-unsaturated/α-hetero) is 1. The van der Waals surface area contributed by atoms with Gasteiger partial charge in [0.1, 0.15) is 11.8 Å². The highest BCUT2D eigenvalue weighted by Gasteiger charge is 2.61. The Bertz CT molecular complexity index is 1050. The number of rotatable bonds is 15. The summed E-state index contributed by atoms with van der Waals surface area (Å²) in [6.07, 6.45) is 6.31. The quantitative estimate of drug-likeness (QED) is 0.196. The number of carbonyl (C=O) groups is 3. The fourth-order valence-corrected chi connectivity index (χ4v) is 6.76. The van der Waals surface area contributed by atoms with E-state index in [0.29, 0.717) is 49.5 Å². The minimum Gasteiger partial charge on any atom is -0.380 e. The van der Waals surface area contributed by atoms with E-state index >= 15 is 0 Å². The van der Waals surface area contributed by atoms with Crippen LogP contribution in [0.5, 0.6) is 0 Å². The molecule has 0 radical (unpaired) electrons. The van der Waals surface area contributed by atoms with Gasteiger partial charge in [0.15, 0.2) is 0 Å². The summed E-state index contributed by atoms with van der Waals surface area (Å²) in [5, 5.41) is 9.80. The largest absolute Gasteiger partial charge is 0.380 e. The minimum atomic E-state index is -0.707. The van der Waals surface area contributed by atoms with Gasteiger partial charge >= 0.3 is 6.03 Å². The number of carbonyl (C=O) groups excluding carboxylic acids is 3. The smallest absolute Gasteiger partial charge is 0.315 e. The van der Waals surface area contributed by atoms with Crippen LogP contribution in [0.2, 0.25) is 0 Å². The summed E-state index contributed by atoms with van der Waals surface area (Å²) in [4.78, 5) is 41.5. The van der Waals surface area contributed by atoms with Crippen LogP contribution in [0.3, 0.4) is 0 Å². The Labute approximate surface area is 255 Å². The SMILES string of the molecule is C=C(C)C(=C)C(CC1CCC1)NC(=C)C1[C@H]2C(C)[C@H]2CN1C(=O)C(NC(=O)NC(CCC(=O)CC)C(C)C)C(C)(C)C. The van der Waals surface area contributed by atoms with Gasteiger partial charge < -0.3 is 20.9 Å². The zero-order chi connectivity index (χ0) is 31.5. The van der Waals surface area contributed by atoms with Gasteiger partial charge in [0.25, 0.3) is 0 Å². The molecular formula is C35H58N4O3. The lowest BCUT2D eigenvalue weighted by atomic mass is 9.79. The average molecular weight is 583 g/mol. The fourth-order valence-electron chi connectivity index (χ4n) is 6.76. The average Bonchev–Trinajstić information content (AvgIpc) is 3.31. The van der Waals surface area contributed by atoms with Gasteiger partial charge in [0.2, 0.25) is 5.91 Å². The first kappa shape index (κ1) is 33.9. The van der Waals surface area contributed by atoms with Gasteiger partial charge in [-0.05, 0) is 60.3 Å². The van der Waals surface area contributed by atoms with E-state index in [1.807, 2.05) is 53.4 Å². The second kappa shape index (κ2) is 13.8. The molecule has 3 amide bonds. The lowest BCUT2D eigenvalue weighted by molar-refractivity contribution is -0.137. The predicted octanol–water partition coefficient (Wildman–Crippen LogP) is 6.37. The molecule has 1 aliphatic heterocycles. The Balaban J connectivity index is 1.75. The Morgan fingerprint density at radius 1 is 1.02 bits per heavy atom. The number of hydrogen-bond donors (Lipinski definition) is 3. The van der Waals surface area contributed by atoms with Crippen molar-refractivity contribution < 1.29 is 14.4 Å². The first-order valence-electron chi connectivity index (χ1n) is 16.3. The molecule has 236 valence electrons. The van der Waals surface area contributed by atoms with Gasteiger partial charge in [-0.15, -0.1) is 0 Å². The number of fused-ring (bicyclic) bond motifs is 1. The van der Waals surface area contributed by atoms with Crippen molar-refractivity contribution >= 4 is 17.7 Å². The maximum absolute atomic E-state index is 14.3.